The summed E-state index contributed by atoms with van der Waals surface area (Å²) in [5.74, 6) is -0.283. The van der Waals surface area contributed by atoms with E-state index in [2.05, 4.69) is 0 Å². The molecule has 3 heteroatoms. The van der Waals surface area contributed by atoms with E-state index in [9.17, 15) is 9.18 Å². The Morgan fingerprint density at radius 2 is 1.71 bits per heavy atom. The predicted molar refractivity (Wildman–Crippen MR) is 68.6 cm³/mol. The van der Waals surface area contributed by atoms with E-state index in [0.717, 1.165) is 5.56 Å². The minimum Gasteiger partial charge on any atom is -0.293 e. The van der Waals surface area contributed by atoms with Gasteiger partial charge in [0.05, 0.1) is 5.75 Å². The third-order valence-electron chi connectivity index (χ3n) is 2.52. The highest BCUT2D eigenvalue weighted by Crippen LogP contribution is 2.22. The van der Waals surface area contributed by atoms with Crippen molar-refractivity contribution in [2.75, 3.05) is 5.75 Å². The van der Waals surface area contributed by atoms with Crippen LogP contribution < -0.4 is 0 Å². The van der Waals surface area contributed by atoms with Gasteiger partial charge in [-0.25, -0.2) is 4.39 Å². The Morgan fingerprint density at radius 1 is 1.06 bits per heavy atom. The van der Waals surface area contributed by atoms with Crippen molar-refractivity contribution in [2.24, 2.45) is 0 Å². The van der Waals surface area contributed by atoms with Crippen LogP contribution in [0.5, 0.6) is 0 Å². The van der Waals surface area contributed by atoms with Crippen molar-refractivity contribution >= 4 is 18.4 Å². The molecule has 0 bridgehead atoms. The van der Waals surface area contributed by atoms with Gasteiger partial charge in [-0.2, -0.15) is 0 Å². The smallest absolute Gasteiger partial charge is 0.173 e. The highest BCUT2D eigenvalue weighted by atomic mass is 32.1. The number of rotatable bonds is 3. The van der Waals surface area contributed by atoms with E-state index in [1.165, 1.54) is 6.07 Å². The first-order chi connectivity index (χ1) is 8.22. The first-order valence-electron chi connectivity index (χ1n) is 5.18. The summed E-state index contributed by atoms with van der Waals surface area (Å²) in [6.45, 7) is 0. The fourth-order valence-corrected chi connectivity index (χ4v) is 1.78. The maximum absolute atomic E-state index is 13.5. The fourth-order valence-electron chi connectivity index (χ4n) is 1.61. The van der Waals surface area contributed by atoms with E-state index in [-0.39, 0.29) is 17.4 Å². The molecule has 0 atom stereocenters. The van der Waals surface area contributed by atoms with Crippen LogP contribution in [0.25, 0.3) is 11.1 Å². The molecular formula is C14H10FOS. The van der Waals surface area contributed by atoms with Crippen LogP contribution >= 0.6 is 12.6 Å². The van der Waals surface area contributed by atoms with Crippen LogP contribution in [0, 0.1) is 5.82 Å². The third kappa shape index (κ3) is 2.56. The molecule has 0 unspecified atom stereocenters. The van der Waals surface area contributed by atoms with E-state index < -0.39 is 0 Å². The lowest BCUT2D eigenvalue weighted by molar-refractivity contribution is 0.102. The van der Waals surface area contributed by atoms with Crippen molar-refractivity contribution in [1.82, 2.24) is 0 Å². The molecule has 0 amide bonds. The molecule has 17 heavy (non-hydrogen) atoms. The zero-order chi connectivity index (χ0) is 12.3. The molecule has 2 rings (SSSR count). The van der Waals surface area contributed by atoms with Gasteiger partial charge in [-0.1, -0.05) is 55.1 Å². The monoisotopic (exact) mass is 245 g/mol. The molecule has 1 radical (unpaired) electrons. The first kappa shape index (κ1) is 11.9. The van der Waals surface area contributed by atoms with E-state index in [1.54, 1.807) is 42.5 Å². The van der Waals surface area contributed by atoms with Crippen LogP contribution in [-0.2, 0) is 0 Å². The molecule has 0 aliphatic carbocycles. The van der Waals surface area contributed by atoms with Crippen molar-refractivity contribution in [3.8, 4) is 11.1 Å². The summed E-state index contributed by atoms with van der Waals surface area (Å²) in [5, 5.41) is 0. The third-order valence-corrected chi connectivity index (χ3v) is 2.79. The summed E-state index contributed by atoms with van der Waals surface area (Å²) in [5.41, 5.74) is 1.86. The second kappa shape index (κ2) is 5.15. The standard InChI is InChI=1S/C14H10FOS/c15-13-4-2-1-3-12(13)10-5-7-11(8-6-10)14(16)9-17/h1-8H,9H2. The van der Waals surface area contributed by atoms with Gasteiger partial charge in [0.15, 0.2) is 5.78 Å². The number of halogens is 1. The van der Waals surface area contributed by atoms with Crippen LogP contribution in [0.4, 0.5) is 4.39 Å². The maximum atomic E-state index is 13.5. The highest BCUT2D eigenvalue weighted by Gasteiger charge is 2.06. The van der Waals surface area contributed by atoms with Crippen molar-refractivity contribution in [1.29, 1.82) is 0 Å². The molecule has 2 aromatic rings. The summed E-state index contributed by atoms with van der Waals surface area (Å²) in [4.78, 5) is 11.3. The summed E-state index contributed by atoms with van der Waals surface area (Å²) in [7, 11) is 0. The lowest BCUT2D eigenvalue weighted by Crippen LogP contribution is -1.99. The Kier molecular flexibility index (Phi) is 3.59. The number of ketones is 1. The molecule has 0 heterocycles. The van der Waals surface area contributed by atoms with Crippen molar-refractivity contribution < 1.29 is 9.18 Å². The maximum Gasteiger partial charge on any atom is 0.173 e. The highest BCUT2D eigenvalue weighted by molar-refractivity contribution is 7.81. The van der Waals surface area contributed by atoms with Gasteiger partial charge in [0.2, 0.25) is 0 Å². The SMILES string of the molecule is O=C(C[S])c1ccc(-c2ccccc2F)cc1. The van der Waals surface area contributed by atoms with Gasteiger partial charge in [-0.15, -0.1) is 0 Å². The van der Waals surface area contributed by atoms with Gasteiger partial charge in [-0.3, -0.25) is 4.79 Å². The molecule has 85 valence electrons. The Hall–Kier alpha value is -1.61. The number of benzene rings is 2. The Bertz CT molecular complexity index is 534. The predicted octanol–water partition coefficient (Wildman–Crippen LogP) is 3.87. The lowest BCUT2D eigenvalue weighted by Gasteiger charge is -2.04. The largest absolute Gasteiger partial charge is 0.293 e. The Labute approximate surface area is 105 Å². The van der Waals surface area contributed by atoms with Crippen LogP contribution in [-0.4, -0.2) is 11.5 Å². The van der Waals surface area contributed by atoms with Gasteiger partial charge in [0.1, 0.15) is 5.82 Å². The molecular weight excluding hydrogens is 235 g/mol. The molecule has 0 saturated carbocycles. The molecule has 0 aliphatic rings. The van der Waals surface area contributed by atoms with Gasteiger partial charge in [0.25, 0.3) is 0 Å². The van der Waals surface area contributed by atoms with Crippen LogP contribution in [0.15, 0.2) is 48.5 Å². The lowest BCUT2D eigenvalue weighted by atomic mass is 10.0. The number of Topliss-reactive ketones (excluding diaryl/α,β-unsaturated/α-hetero) is 1. The number of hydrogen-bond acceptors (Lipinski definition) is 1. The van der Waals surface area contributed by atoms with Gasteiger partial charge in [0, 0.05) is 11.1 Å². The second-order valence-corrected chi connectivity index (χ2v) is 3.91. The Morgan fingerprint density at radius 3 is 2.29 bits per heavy atom. The number of hydrogen-bond donors (Lipinski definition) is 0. The van der Waals surface area contributed by atoms with Crippen LogP contribution in [0.1, 0.15) is 10.4 Å². The molecule has 0 aromatic heterocycles. The normalized spacial score (nSPS) is 10.2. The zero-order valence-corrected chi connectivity index (χ0v) is 9.84. The summed E-state index contributed by atoms with van der Waals surface area (Å²) in [6, 6.07) is 13.4. The van der Waals surface area contributed by atoms with Gasteiger partial charge >= 0.3 is 0 Å². The summed E-state index contributed by atoms with van der Waals surface area (Å²) in [6.07, 6.45) is 0. The Balaban J connectivity index is 2.36. The van der Waals surface area contributed by atoms with Crippen LogP contribution in [0.2, 0.25) is 0 Å². The zero-order valence-electron chi connectivity index (χ0n) is 9.02. The quantitative estimate of drug-likeness (QED) is 0.750. The fraction of sp³-hybridized carbons (Fsp3) is 0.0714. The summed E-state index contributed by atoms with van der Waals surface area (Å²) < 4.78 is 13.5. The van der Waals surface area contributed by atoms with Gasteiger partial charge in [-0.05, 0) is 11.6 Å². The average molecular weight is 245 g/mol. The van der Waals surface area contributed by atoms with E-state index >= 15 is 0 Å². The molecule has 1 nitrogen and oxygen atoms in total. The summed E-state index contributed by atoms with van der Waals surface area (Å²) >= 11 is 4.69. The molecule has 0 saturated heterocycles. The second-order valence-electron chi connectivity index (χ2n) is 3.62. The number of carbonyl (C=O) groups is 1. The minimum atomic E-state index is -0.269. The average Bonchev–Trinajstić information content (AvgIpc) is 2.39. The van der Waals surface area contributed by atoms with Crippen molar-refractivity contribution in [3.63, 3.8) is 0 Å². The van der Waals surface area contributed by atoms with E-state index in [1.807, 2.05) is 0 Å². The first-order valence-corrected chi connectivity index (χ1v) is 5.76. The number of carbonyl (C=O) groups excluding carboxylic acids is 1. The van der Waals surface area contributed by atoms with E-state index in [4.69, 9.17) is 12.6 Å². The van der Waals surface area contributed by atoms with Gasteiger partial charge < -0.3 is 0 Å². The van der Waals surface area contributed by atoms with Crippen LogP contribution in [0.3, 0.4) is 0 Å². The van der Waals surface area contributed by atoms with Crippen molar-refractivity contribution in [3.05, 3.63) is 59.9 Å². The van der Waals surface area contributed by atoms with E-state index in [0.29, 0.717) is 11.1 Å². The molecule has 0 spiro atoms. The molecule has 0 aliphatic heterocycles. The molecule has 2 aromatic carbocycles. The topological polar surface area (TPSA) is 17.1 Å². The molecule has 0 fully saturated rings. The minimum absolute atomic E-state index is 0.0685. The molecule has 0 N–H and O–H groups in total. The van der Waals surface area contributed by atoms with Crippen molar-refractivity contribution in [2.45, 2.75) is 0 Å².